The van der Waals surface area contributed by atoms with Crippen LogP contribution >= 0.6 is 0 Å². The van der Waals surface area contributed by atoms with E-state index in [2.05, 4.69) is 0 Å². The largest absolute Gasteiger partial charge is 0.395 e. The molecule has 1 amide bonds. The topological polar surface area (TPSA) is 49.8 Å². The fourth-order valence-corrected chi connectivity index (χ4v) is 2.45. The highest BCUT2D eigenvalue weighted by molar-refractivity contribution is 5.76. The van der Waals surface area contributed by atoms with Crippen molar-refractivity contribution < 1.29 is 14.6 Å². The van der Waals surface area contributed by atoms with E-state index in [0.717, 1.165) is 19.3 Å². The van der Waals surface area contributed by atoms with Gasteiger partial charge in [0.2, 0.25) is 5.91 Å². The molecule has 17 heavy (non-hydrogen) atoms. The molecule has 0 aromatic carbocycles. The van der Waals surface area contributed by atoms with Gasteiger partial charge in [0.1, 0.15) is 0 Å². The first kappa shape index (κ1) is 14.5. The second kappa shape index (κ2) is 8.48. The van der Waals surface area contributed by atoms with Crippen LogP contribution < -0.4 is 0 Å². The molecule has 1 saturated carbocycles. The van der Waals surface area contributed by atoms with Crippen LogP contribution in [0.1, 0.15) is 45.4 Å². The Hall–Kier alpha value is -0.610. The van der Waals surface area contributed by atoms with Crippen molar-refractivity contribution in [2.45, 2.75) is 51.5 Å². The Bertz CT molecular complexity index is 215. The van der Waals surface area contributed by atoms with E-state index in [4.69, 9.17) is 9.84 Å². The number of hydrogen-bond acceptors (Lipinski definition) is 3. The lowest BCUT2D eigenvalue weighted by molar-refractivity contribution is -0.134. The number of ether oxygens (including phenoxy) is 1. The predicted octanol–water partition coefficient (Wildman–Crippen LogP) is 1.57. The minimum absolute atomic E-state index is 0.0632. The Kier molecular flexibility index (Phi) is 7.21. The van der Waals surface area contributed by atoms with Crippen LogP contribution in [0.4, 0.5) is 0 Å². The highest BCUT2D eigenvalue weighted by atomic mass is 16.5. The molecule has 0 bridgehead atoms. The van der Waals surface area contributed by atoms with E-state index in [-0.39, 0.29) is 12.5 Å². The highest BCUT2D eigenvalue weighted by Crippen LogP contribution is 2.23. The van der Waals surface area contributed by atoms with E-state index in [1.807, 2.05) is 11.8 Å². The van der Waals surface area contributed by atoms with Gasteiger partial charge in [-0.05, 0) is 26.2 Å². The van der Waals surface area contributed by atoms with Crippen LogP contribution in [0.2, 0.25) is 0 Å². The molecule has 1 aliphatic rings. The molecule has 0 radical (unpaired) electrons. The van der Waals surface area contributed by atoms with Gasteiger partial charge in [0.05, 0.1) is 6.61 Å². The lowest BCUT2D eigenvalue weighted by atomic mass is 10.2. The number of aliphatic hydroxyl groups is 1. The second-order valence-corrected chi connectivity index (χ2v) is 4.55. The summed E-state index contributed by atoms with van der Waals surface area (Å²) < 4.78 is 5.23. The van der Waals surface area contributed by atoms with E-state index < -0.39 is 0 Å². The third-order valence-electron chi connectivity index (χ3n) is 3.31. The van der Waals surface area contributed by atoms with Gasteiger partial charge in [-0.15, -0.1) is 0 Å². The van der Waals surface area contributed by atoms with Crippen molar-refractivity contribution in [1.29, 1.82) is 0 Å². The zero-order valence-electron chi connectivity index (χ0n) is 10.9. The summed E-state index contributed by atoms with van der Waals surface area (Å²) in [5, 5.41) is 9.04. The van der Waals surface area contributed by atoms with Gasteiger partial charge in [-0.3, -0.25) is 4.79 Å². The lowest BCUT2D eigenvalue weighted by Gasteiger charge is -2.28. The molecule has 0 saturated heterocycles. The molecule has 1 N–H and O–H groups in total. The van der Waals surface area contributed by atoms with E-state index >= 15 is 0 Å². The Morgan fingerprint density at radius 2 is 2.12 bits per heavy atom. The van der Waals surface area contributed by atoms with Crippen molar-refractivity contribution in [2.24, 2.45) is 0 Å². The molecule has 0 aromatic heterocycles. The molecule has 0 aromatic rings. The average molecular weight is 243 g/mol. The molecule has 4 nitrogen and oxygen atoms in total. The smallest absolute Gasteiger partial charge is 0.222 e. The maximum absolute atomic E-state index is 12.0. The van der Waals surface area contributed by atoms with Gasteiger partial charge in [0.25, 0.3) is 0 Å². The first-order chi connectivity index (χ1) is 8.29. The van der Waals surface area contributed by atoms with E-state index in [1.165, 1.54) is 12.8 Å². The quantitative estimate of drug-likeness (QED) is 0.658. The summed E-state index contributed by atoms with van der Waals surface area (Å²) in [7, 11) is 0. The molecule has 0 spiro atoms. The van der Waals surface area contributed by atoms with Crippen LogP contribution in [-0.4, -0.2) is 48.3 Å². The normalized spacial score (nSPS) is 16.4. The zero-order chi connectivity index (χ0) is 12.5. The molecule has 4 heteroatoms. The fourth-order valence-electron chi connectivity index (χ4n) is 2.45. The third kappa shape index (κ3) is 5.04. The van der Waals surface area contributed by atoms with E-state index in [0.29, 0.717) is 32.2 Å². The number of aliphatic hydroxyl groups excluding tert-OH is 1. The van der Waals surface area contributed by atoms with Gasteiger partial charge in [-0.25, -0.2) is 0 Å². The molecule has 1 fully saturated rings. The first-order valence-electron chi connectivity index (χ1n) is 6.77. The number of carbonyl (C=O) groups excluding carboxylic acids is 1. The van der Waals surface area contributed by atoms with E-state index in [9.17, 15) is 4.79 Å². The number of amides is 1. The summed E-state index contributed by atoms with van der Waals surface area (Å²) in [4.78, 5) is 13.9. The standard InChI is InChI=1S/C13H25NO3/c1-2-17-11-5-8-13(16)14(9-10-15)12-6-3-4-7-12/h12,15H,2-11H2,1H3. The van der Waals surface area contributed by atoms with Gasteiger partial charge in [-0.2, -0.15) is 0 Å². The van der Waals surface area contributed by atoms with E-state index in [1.54, 1.807) is 0 Å². The van der Waals surface area contributed by atoms with Crippen LogP contribution in [0.5, 0.6) is 0 Å². The molecule has 0 aliphatic heterocycles. The molecule has 0 heterocycles. The van der Waals surface area contributed by atoms with Crippen LogP contribution in [0.3, 0.4) is 0 Å². The minimum atomic E-state index is 0.0632. The Balaban J connectivity index is 2.32. The third-order valence-corrected chi connectivity index (χ3v) is 3.31. The molecule has 100 valence electrons. The first-order valence-corrected chi connectivity index (χ1v) is 6.77. The maximum Gasteiger partial charge on any atom is 0.222 e. The summed E-state index contributed by atoms with van der Waals surface area (Å²) in [6.07, 6.45) is 5.92. The summed E-state index contributed by atoms with van der Waals surface area (Å²) in [6, 6.07) is 0.363. The van der Waals surface area contributed by atoms with Crippen LogP contribution in [-0.2, 0) is 9.53 Å². The summed E-state index contributed by atoms with van der Waals surface area (Å²) in [6.45, 7) is 3.86. The van der Waals surface area contributed by atoms with Gasteiger partial charge in [0, 0.05) is 32.2 Å². The zero-order valence-corrected chi connectivity index (χ0v) is 10.9. The van der Waals surface area contributed by atoms with Gasteiger partial charge in [0.15, 0.2) is 0 Å². The van der Waals surface area contributed by atoms with Gasteiger partial charge in [-0.1, -0.05) is 12.8 Å². The maximum atomic E-state index is 12.0. The van der Waals surface area contributed by atoms with Crippen molar-refractivity contribution in [3.8, 4) is 0 Å². The van der Waals surface area contributed by atoms with Gasteiger partial charge < -0.3 is 14.7 Å². The molecular formula is C13H25NO3. The Morgan fingerprint density at radius 3 is 2.71 bits per heavy atom. The van der Waals surface area contributed by atoms with Crippen molar-refractivity contribution in [2.75, 3.05) is 26.4 Å². The predicted molar refractivity (Wildman–Crippen MR) is 66.8 cm³/mol. The lowest BCUT2D eigenvalue weighted by Crippen LogP contribution is -2.40. The van der Waals surface area contributed by atoms with Crippen molar-refractivity contribution >= 4 is 5.91 Å². The highest BCUT2D eigenvalue weighted by Gasteiger charge is 2.25. The van der Waals surface area contributed by atoms with Crippen molar-refractivity contribution in [3.05, 3.63) is 0 Å². The molecule has 0 atom stereocenters. The number of rotatable bonds is 8. The molecule has 1 aliphatic carbocycles. The number of carbonyl (C=O) groups is 1. The number of hydrogen-bond donors (Lipinski definition) is 1. The fraction of sp³-hybridized carbons (Fsp3) is 0.923. The summed E-state index contributed by atoms with van der Waals surface area (Å²) in [5.74, 6) is 0.172. The molecule has 1 rings (SSSR count). The monoisotopic (exact) mass is 243 g/mol. The second-order valence-electron chi connectivity index (χ2n) is 4.55. The van der Waals surface area contributed by atoms with Gasteiger partial charge >= 0.3 is 0 Å². The average Bonchev–Trinajstić information content (AvgIpc) is 2.85. The van der Waals surface area contributed by atoms with Crippen LogP contribution in [0, 0.1) is 0 Å². The minimum Gasteiger partial charge on any atom is -0.395 e. The summed E-state index contributed by atoms with van der Waals surface area (Å²) >= 11 is 0. The Labute approximate surface area is 104 Å². The number of nitrogens with zero attached hydrogens (tertiary/aromatic N) is 1. The van der Waals surface area contributed by atoms with Crippen LogP contribution in [0.25, 0.3) is 0 Å². The molecule has 0 unspecified atom stereocenters. The summed E-state index contributed by atoms with van der Waals surface area (Å²) in [5.41, 5.74) is 0. The molecular weight excluding hydrogens is 218 g/mol. The van der Waals surface area contributed by atoms with Crippen LogP contribution in [0.15, 0.2) is 0 Å². The SMILES string of the molecule is CCOCCCC(=O)N(CCO)C1CCCC1. The van der Waals surface area contributed by atoms with Crippen molar-refractivity contribution in [3.63, 3.8) is 0 Å². The Morgan fingerprint density at radius 1 is 1.41 bits per heavy atom. The van der Waals surface area contributed by atoms with Crippen molar-refractivity contribution in [1.82, 2.24) is 4.90 Å².